The summed E-state index contributed by atoms with van der Waals surface area (Å²) in [5.74, 6) is -0.869. The zero-order chi connectivity index (χ0) is 18.4. The van der Waals surface area contributed by atoms with Crippen molar-refractivity contribution >= 4 is 11.8 Å². The molecule has 1 aromatic carbocycles. The molecule has 1 aromatic rings. The van der Waals surface area contributed by atoms with Crippen LogP contribution in [0.4, 0.5) is 0 Å². The van der Waals surface area contributed by atoms with Crippen molar-refractivity contribution in [2.24, 2.45) is 5.41 Å². The van der Waals surface area contributed by atoms with Crippen molar-refractivity contribution in [3.05, 3.63) is 52.4 Å². The van der Waals surface area contributed by atoms with Gasteiger partial charge in [0.25, 0.3) is 0 Å². The lowest BCUT2D eigenvalue weighted by molar-refractivity contribution is -0.136. The van der Waals surface area contributed by atoms with Crippen LogP contribution in [0.2, 0.25) is 0 Å². The molecule has 0 unspecified atom stereocenters. The fourth-order valence-corrected chi connectivity index (χ4v) is 3.85. The van der Waals surface area contributed by atoms with Gasteiger partial charge in [-0.2, -0.15) is 0 Å². The first-order valence-electron chi connectivity index (χ1n) is 8.35. The lowest BCUT2D eigenvalue weighted by atomic mass is 9.68. The molecule has 1 heterocycles. The van der Waals surface area contributed by atoms with Gasteiger partial charge in [-0.1, -0.05) is 26.0 Å². The molecule has 2 aliphatic rings. The lowest BCUT2D eigenvalue weighted by Crippen LogP contribution is -2.38. The number of rotatable bonds is 2. The van der Waals surface area contributed by atoms with Gasteiger partial charge in [-0.25, -0.2) is 4.79 Å². The van der Waals surface area contributed by atoms with Crippen LogP contribution in [0, 0.1) is 5.41 Å². The predicted molar refractivity (Wildman–Crippen MR) is 93.7 cm³/mol. The molecule has 0 fully saturated rings. The minimum atomic E-state index is -0.528. The molecule has 0 bridgehead atoms. The minimum Gasteiger partial charge on any atom is -0.508 e. The first-order chi connectivity index (χ1) is 11.7. The highest BCUT2D eigenvalue weighted by atomic mass is 16.5. The Balaban J connectivity index is 2.21. The number of ether oxygens (including phenoxy) is 1. The monoisotopic (exact) mass is 341 g/mol. The van der Waals surface area contributed by atoms with Gasteiger partial charge < -0.3 is 15.2 Å². The van der Waals surface area contributed by atoms with Gasteiger partial charge in [0, 0.05) is 29.3 Å². The topological polar surface area (TPSA) is 75.6 Å². The minimum absolute atomic E-state index is 0.0287. The maximum atomic E-state index is 12.9. The molecular formula is C20H23NO4. The molecule has 0 spiro atoms. The molecule has 0 aromatic heterocycles. The first kappa shape index (κ1) is 17.3. The van der Waals surface area contributed by atoms with Crippen LogP contribution >= 0.6 is 0 Å². The maximum Gasteiger partial charge on any atom is 0.336 e. The number of aromatic hydroxyl groups is 1. The Bertz CT molecular complexity index is 817. The Morgan fingerprint density at radius 2 is 2.04 bits per heavy atom. The van der Waals surface area contributed by atoms with E-state index in [-0.39, 0.29) is 16.9 Å². The van der Waals surface area contributed by atoms with Gasteiger partial charge in [-0.3, -0.25) is 4.79 Å². The number of allylic oxidation sites excluding steroid dienone is 3. The molecule has 1 aliphatic heterocycles. The molecule has 1 atom stereocenters. The highest BCUT2D eigenvalue weighted by Crippen LogP contribution is 2.47. The smallest absolute Gasteiger partial charge is 0.336 e. The molecule has 2 N–H and O–H groups in total. The molecule has 0 saturated carbocycles. The molecule has 0 amide bonds. The second-order valence-corrected chi connectivity index (χ2v) is 7.52. The van der Waals surface area contributed by atoms with Gasteiger partial charge in [0.05, 0.1) is 12.7 Å². The second kappa shape index (κ2) is 6.06. The third-order valence-corrected chi connectivity index (χ3v) is 4.85. The van der Waals surface area contributed by atoms with Gasteiger partial charge in [0.1, 0.15) is 5.75 Å². The number of hydrogen-bond donors (Lipinski definition) is 2. The van der Waals surface area contributed by atoms with Crippen molar-refractivity contribution in [1.82, 2.24) is 5.32 Å². The Morgan fingerprint density at radius 3 is 2.68 bits per heavy atom. The lowest BCUT2D eigenvalue weighted by Gasteiger charge is -2.39. The first-order valence-corrected chi connectivity index (χ1v) is 8.35. The van der Waals surface area contributed by atoms with E-state index in [4.69, 9.17) is 4.74 Å². The van der Waals surface area contributed by atoms with Crippen LogP contribution in [-0.4, -0.2) is 24.0 Å². The van der Waals surface area contributed by atoms with Gasteiger partial charge in [0.15, 0.2) is 5.78 Å². The number of nitrogens with one attached hydrogen (secondary N) is 1. The number of carbonyl (C=O) groups is 2. The van der Waals surface area contributed by atoms with Crippen molar-refractivity contribution in [3.63, 3.8) is 0 Å². The fourth-order valence-electron chi connectivity index (χ4n) is 3.85. The number of dihydropyridines is 1. The quantitative estimate of drug-likeness (QED) is 0.808. The number of esters is 1. The van der Waals surface area contributed by atoms with Gasteiger partial charge in [0.2, 0.25) is 0 Å². The molecule has 0 radical (unpaired) electrons. The highest BCUT2D eigenvalue weighted by molar-refractivity contribution is 6.04. The van der Waals surface area contributed by atoms with E-state index in [1.165, 1.54) is 7.11 Å². The summed E-state index contributed by atoms with van der Waals surface area (Å²) in [5, 5.41) is 13.1. The van der Waals surface area contributed by atoms with Crippen LogP contribution in [-0.2, 0) is 14.3 Å². The van der Waals surface area contributed by atoms with Crippen LogP contribution in [0.3, 0.4) is 0 Å². The number of hydrogen-bond acceptors (Lipinski definition) is 5. The standard InChI is InChI=1S/C20H23NO4/c1-11-16(19(24)25-4)17(12-6-5-7-13(22)8-12)18-14(21-11)9-20(2,3)10-15(18)23/h5-8,17,21-22H,9-10H2,1-4H3/t17-/m0/s1. The summed E-state index contributed by atoms with van der Waals surface area (Å²) in [6.45, 7) is 5.95. The van der Waals surface area contributed by atoms with Gasteiger partial charge in [-0.05, 0) is 36.5 Å². The van der Waals surface area contributed by atoms with Crippen molar-refractivity contribution in [1.29, 1.82) is 0 Å². The molecule has 25 heavy (non-hydrogen) atoms. The van der Waals surface area contributed by atoms with Crippen LogP contribution in [0.15, 0.2) is 46.8 Å². The molecule has 1 aliphatic carbocycles. The SMILES string of the molecule is COC(=O)C1=C(C)NC2=C(C(=O)CC(C)(C)C2)[C@H]1c1cccc(O)c1. The number of phenolic OH excluding ortho intramolecular Hbond substituents is 1. The third-order valence-electron chi connectivity index (χ3n) is 4.85. The normalized spacial score (nSPS) is 22.4. The van der Waals surface area contributed by atoms with E-state index in [9.17, 15) is 14.7 Å². The third kappa shape index (κ3) is 3.06. The van der Waals surface area contributed by atoms with Crippen molar-refractivity contribution in [3.8, 4) is 5.75 Å². The van der Waals surface area contributed by atoms with Crippen molar-refractivity contribution < 1.29 is 19.4 Å². The Labute approximate surface area is 147 Å². The van der Waals surface area contributed by atoms with E-state index in [0.29, 0.717) is 28.8 Å². The average Bonchev–Trinajstić information content (AvgIpc) is 2.51. The van der Waals surface area contributed by atoms with E-state index in [0.717, 1.165) is 12.1 Å². The van der Waals surface area contributed by atoms with E-state index >= 15 is 0 Å². The molecule has 5 heteroatoms. The summed E-state index contributed by atoms with van der Waals surface area (Å²) in [6.07, 6.45) is 1.16. The van der Waals surface area contributed by atoms with Crippen LogP contribution in [0.25, 0.3) is 0 Å². The number of methoxy groups -OCH3 is 1. The summed E-state index contributed by atoms with van der Waals surface area (Å²) >= 11 is 0. The van der Waals surface area contributed by atoms with Gasteiger partial charge in [-0.15, -0.1) is 0 Å². The van der Waals surface area contributed by atoms with Crippen LogP contribution in [0.5, 0.6) is 5.75 Å². The zero-order valence-corrected chi connectivity index (χ0v) is 15.0. The predicted octanol–water partition coefficient (Wildman–Crippen LogP) is 3.17. The Hall–Kier alpha value is -2.56. The molecule has 0 saturated heterocycles. The van der Waals surface area contributed by atoms with E-state index in [1.54, 1.807) is 18.2 Å². The number of carbonyl (C=O) groups excluding carboxylic acids is 2. The summed E-state index contributed by atoms with van der Waals surface area (Å²) in [5.41, 5.74) is 3.15. The molecule has 5 nitrogen and oxygen atoms in total. The fraction of sp³-hybridized carbons (Fsp3) is 0.400. The number of Topliss-reactive ketones (excluding diaryl/α,β-unsaturated/α-hetero) is 1. The van der Waals surface area contributed by atoms with Crippen molar-refractivity contribution in [2.45, 2.75) is 39.5 Å². The highest BCUT2D eigenvalue weighted by Gasteiger charge is 2.43. The van der Waals surface area contributed by atoms with Crippen LogP contribution < -0.4 is 5.32 Å². The van der Waals surface area contributed by atoms with Crippen LogP contribution in [0.1, 0.15) is 45.1 Å². The maximum absolute atomic E-state index is 12.9. The molecule has 3 rings (SSSR count). The van der Waals surface area contributed by atoms with E-state index in [2.05, 4.69) is 19.2 Å². The number of benzene rings is 1. The zero-order valence-electron chi connectivity index (χ0n) is 15.0. The summed E-state index contributed by atoms with van der Waals surface area (Å²) in [4.78, 5) is 25.4. The Kier molecular flexibility index (Phi) is 4.19. The number of ketones is 1. The summed E-state index contributed by atoms with van der Waals surface area (Å²) in [7, 11) is 1.33. The summed E-state index contributed by atoms with van der Waals surface area (Å²) in [6, 6.07) is 6.71. The molecule has 132 valence electrons. The van der Waals surface area contributed by atoms with E-state index in [1.807, 2.05) is 13.0 Å². The largest absolute Gasteiger partial charge is 0.508 e. The Morgan fingerprint density at radius 1 is 1.32 bits per heavy atom. The summed E-state index contributed by atoms with van der Waals surface area (Å²) < 4.78 is 4.96. The van der Waals surface area contributed by atoms with E-state index < -0.39 is 11.9 Å². The number of phenols is 1. The van der Waals surface area contributed by atoms with Crippen molar-refractivity contribution in [2.75, 3.05) is 7.11 Å². The van der Waals surface area contributed by atoms with Gasteiger partial charge >= 0.3 is 5.97 Å². The second-order valence-electron chi connectivity index (χ2n) is 7.52. The average molecular weight is 341 g/mol. The molecular weight excluding hydrogens is 318 g/mol.